The third-order valence-electron chi connectivity index (χ3n) is 3.09. The zero-order valence-electron chi connectivity index (χ0n) is 13.5. The summed E-state index contributed by atoms with van der Waals surface area (Å²) in [6.45, 7) is 2.37. The summed E-state index contributed by atoms with van der Waals surface area (Å²) in [5.74, 6) is 0.736. The van der Waals surface area contributed by atoms with Crippen LogP contribution in [0, 0.1) is 0 Å². The number of hydrogen-bond acceptors (Lipinski definition) is 4. The lowest BCUT2D eigenvalue weighted by molar-refractivity contribution is 0.0955. The largest absolute Gasteiger partial charge is 0.492 e. The van der Waals surface area contributed by atoms with E-state index in [-0.39, 0.29) is 10.6 Å². The van der Waals surface area contributed by atoms with Gasteiger partial charge in [0.15, 0.2) is 11.5 Å². The van der Waals surface area contributed by atoms with Crippen LogP contribution in [-0.2, 0) is 0 Å². The van der Waals surface area contributed by atoms with Gasteiger partial charge in [-0.05, 0) is 58.7 Å². The number of nitrogens with zero attached hydrogens (tertiary/aromatic N) is 1. The second-order valence-electron chi connectivity index (χ2n) is 4.79. The van der Waals surface area contributed by atoms with Crippen LogP contribution in [0.4, 0.5) is 0 Å². The number of rotatable bonds is 6. The molecule has 0 saturated carbocycles. The molecular formula is C17H15BrCl2N2O3. The number of carbonyl (C=O) groups excluding carboxylic acids is 1. The number of methoxy groups -OCH3 is 1. The van der Waals surface area contributed by atoms with Crippen LogP contribution in [0.2, 0.25) is 10.0 Å². The van der Waals surface area contributed by atoms with Gasteiger partial charge in [-0.1, -0.05) is 23.2 Å². The lowest BCUT2D eigenvalue weighted by Gasteiger charge is -2.11. The van der Waals surface area contributed by atoms with Crippen LogP contribution in [-0.4, -0.2) is 25.8 Å². The van der Waals surface area contributed by atoms with Gasteiger partial charge in [0.2, 0.25) is 0 Å². The first-order valence-corrected chi connectivity index (χ1v) is 8.80. The van der Waals surface area contributed by atoms with Crippen molar-refractivity contribution in [2.45, 2.75) is 6.92 Å². The number of carbonyl (C=O) groups is 1. The van der Waals surface area contributed by atoms with Gasteiger partial charge >= 0.3 is 0 Å². The van der Waals surface area contributed by atoms with Gasteiger partial charge in [0, 0.05) is 5.02 Å². The molecule has 0 aromatic heterocycles. The van der Waals surface area contributed by atoms with E-state index in [2.05, 4.69) is 26.5 Å². The Balaban J connectivity index is 2.15. The minimum Gasteiger partial charge on any atom is -0.492 e. The monoisotopic (exact) mass is 444 g/mol. The molecule has 0 fully saturated rings. The molecule has 0 aliphatic carbocycles. The highest BCUT2D eigenvalue weighted by atomic mass is 79.9. The minimum absolute atomic E-state index is 0.256. The van der Waals surface area contributed by atoms with E-state index < -0.39 is 5.91 Å². The maximum atomic E-state index is 12.1. The summed E-state index contributed by atoms with van der Waals surface area (Å²) < 4.78 is 11.6. The fourth-order valence-corrected chi connectivity index (χ4v) is 3.14. The van der Waals surface area contributed by atoms with Crippen molar-refractivity contribution in [3.8, 4) is 11.5 Å². The quantitative estimate of drug-likeness (QED) is 0.506. The summed E-state index contributed by atoms with van der Waals surface area (Å²) in [6, 6.07) is 8.18. The van der Waals surface area contributed by atoms with Gasteiger partial charge in [0.25, 0.3) is 5.91 Å². The maximum Gasteiger partial charge on any atom is 0.272 e. The second kappa shape index (κ2) is 9.08. The Morgan fingerprint density at radius 1 is 1.32 bits per heavy atom. The molecule has 0 heterocycles. The molecule has 8 heteroatoms. The van der Waals surface area contributed by atoms with Crippen molar-refractivity contribution < 1.29 is 14.3 Å². The average molecular weight is 446 g/mol. The molecule has 0 spiro atoms. The summed E-state index contributed by atoms with van der Waals surface area (Å²) in [6.07, 6.45) is 1.49. The van der Waals surface area contributed by atoms with Crippen molar-refractivity contribution in [1.82, 2.24) is 5.43 Å². The number of hydrogen-bond donors (Lipinski definition) is 1. The molecule has 0 aliphatic heterocycles. The van der Waals surface area contributed by atoms with Gasteiger partial charge < -0.3 is 9.47 Å². The number of nitrogens with one attached hydrogen (secondary N) is 1. The van der Waals surface area contributed by atoms with Gasteiger partial charge in [-0.15, -0.1) is 0 Å². The maximum absolute atomic E-state index is 12.1. The highest BCUT2D eigenvalue weighted by Crippen LogP contribution is 2.36. The van der Waals surface area contributed by atoms with Crippen LogP contribution in [0.3, 0.4) is 0 Å². The van der Waals surface area contributed by atoms with E-state index in [1.807, 2.05) is 6.92 Å². The van der Waals surface area contributed by atoms with Gasteiger partial charge in [-0.2, -0.15) is 5.10 Å². The van der Waals surface area contributed by atoms with Crippen LogP contribution < -0.4 is 14.9 Å². The molecule has 132 valence electrons. The van der Waals surface area contributed by atoms with Crippen LogP contribution in [0.1, 0.15) is 22.8 Å². The van der Waals surface area contributed by atoms with Crippen molar-refractivity contribution >= 4 is 51.3 Å². The van der Waals surface area contributed by atoms with Gasteiger partial charge in [-0.25, -0.2) is 5.43 Å². The van der Waals surface area contributed by atoms with Crippen molar-refractivity contribution in [3.05, 3.63) is 56.0 Å². The molecule has 1 amide bonds. The molecular weight excluding hydrogens is 431 g/mol. The molecule has 1 N–H and O–H groups in total. The van der Waals surface area contributed by atoms with Gasteiger partial charge in [-0.3, -0.25) is 4.79 Å². The Kier molecular flexibility index (Phi) is 7.11. The first-order valence-electron chi connectivity index (χ1n) is 7.25. The Hall–Kier alpha value is -1.76. The van der Waals surface area contributed by atoms with Crippen LogP contribution in [0.15, 0.2) is 39.9 Å². The van der Waals surface area contributed by atoms with Crippen molar-refractivity contribution in [2.75, 3.05) is 13.7 Å². The molecule has 5 nitrogen and oxygen atoms in total. The topological polar surface area (TPSA) is 59.9 Å². The Labute approximate surface area is 164 Å². The molecule has 25 heavy (non-hydrogen) atoms. The number of halogens is 3. The number of hydrazone groups is 1. The van der Waals surface area contributed by atoms with Gasteiger partial charge in [0.05, 0.1) is 35.0 Å². The normalized spacial score (nSPS) is 10.8. The van der Waals surface area contributed by atoms with E-state index in [0.29, 0.717) is 23.1 Å². The minimum atomic E-state index is -0.435. The Bertz CT molecular complexity index is 813. The summed E-state index contributed by atoms with van der Waals surface area (Å²) in [5.41, 5.74) is 3.43. The summed E-state index contributed by atoms with van der Waals surface area (Å²) >= 11 is 15.2. The summed E-state index contributed by atoms with van der Waals surface area (Å²) in [5, 5.41) is 4.66. The van der Waals surface area contributed by atoms with E-state index in [4.69, 9.17) is 32.7 Å². The van der Waals surface area contributed by atoms with E-state index in [1.165, 1.54) is 18.3 Å². The zero-order valence-corrected chi connectivity index (χ0v) is 16.6. The third-order valence-corrected chi connectivity index (χ3v) is 4.23. The van der Waals surface area contributed by atoms with E-state index in [9.17, 15) is 4.79 Å². The average Bonchev–Trinajstić information content (AvgIpc) is 2.55. The van der Waals surface area contributed by atoms with Gasteiger partial charge in [0.1, 0.15) is 0 Å². The first-order chi connectivity index (χ1) is 12.0. The number of amides is 1. The predicted molar refractivity (Wildman–Crippen MR) is 103 cm³/mol. The van der Waals surface area contributed by atoms with Crippen molar-refractivity contribution in [2.24, 2.45) is 5.10 Å². The molecule has 0 radical (unpaired) electrons. The van der Waals surface area contributed by atoms with E-state index >= 15 is 0 Å². The van der Waals surface area contributed by atoms with E-state index in [1.54, 1.807) is 25.3 Å². The first kappa shape index (κ1) is 19.6. The molecule has 2 rings (SSSR count). The third kappa shape index (κ3) is 5.11. The highest BCUT2D eigenvalue weighted by molar-refractivity contribution is 9.10. The highest BCUT2D eigenvalue weighted by Gasteiger charge is 2.11. The van der Waals surface area contributed by atoms with Crippen LogP contribution in [0.25, 0.3) is 0 Å². The fraction of sp³-hybridized carbons (Fsp3) is 0.176. The van der Waals surface area contributed by atoms with E-state index in [0.717, 1.165) is 10.0 Å². The molecule has 2 aromatic rings. The Morgan fingerprint density at radius 2 is 2.08 bits per heavy atom. The number of benzene rings is 2. The standard InChI is InChI=1S/C17H15BrCl2N2O3/c1-3-25-15-7-10(6-13(18)16(15)24-2)9-21-22-17(23)12-5-4-11(19)8-14(12)20/h4-9H,3H2,1-2H3,(H,22,23)/b21-9-. The smallest absolute Gasteiger partial charge is 0.272 e. The summed E-state index contributed by atoms with van der Waals surface area (Å²) in [4.78, 5) is 12.1. The second-order valence-corrected chi connectivity index (χ2v) is 6.49. The molecule has 0 aliphatic rings. The zero-order chi connectivity index (χ0) is 18.4. The molecule has 0 unspecified atom stereocenters. The lowest BCUT2D eigenvalue weighted by atomic mass is 10.2. The van der Waals surface area contributed by atoms with Crippen molar-refractivity contribution in [1.29, 1.82) is 0 Å². The molecule has 0 atom stereocenters. The summed E-state index contributed by atoms with van der Waals surface area (Å²) in [7, 11) is 1.56. The predicted octanol–water partition coefficient (Wildman–Crippen LogP) is 4.93. The SMILES string of the molecule is CCOc1cc(/C=N\NC(=O)c2ccc(Cl)cc2Cl)cc(Br)c1OC. The number of ether oxygens (including phenoxy) is 2. The van der Waals surface area contributed by atoms with Crippen molar-refractivity contribution in [3.63, 3.8) is 0 Å². The van der Waals surface area contributed by atoms with Crippen LogP contribution >= 0.6 is 39.1 Å². The fourth-order valence-electron chi connectivity index (χ4n) is 2.02. The molecule has 2 aromatic carbocycles. The Morgan fingerprint density at radius 3 is 2.72 bits per heavy atom. The van der Waals surface area contributed by atoms with Crippen LogP contribution in [0.5, 0.6) is 11.5 Å². The molecule has 0 saturated heterocycles. The lowest BCUT2D eigenvalue weighted by Crippen LogP contribution is -2.18. The molecule has 0 bridgehead atoms.